The van der Waals surface area contributed by atoms with Crippen LogP contribution in [0.3, 0.4) is 0 Å². The molecule has 0 aliphatic heterocycles. The molecule has 9 heavy (non-hydrogen) atoms. The Morgan fingerprint density at radius 1 is 1.11 bits per heavy atom. The normalized spacial score (nSPS) is 6.56. The van der Waals surface area contributed by atoms with Crippen molar-refractivity contribution >= 4 is 7.82 Å². The summed E-state index contributed by atoms with van der Waals surface area (Å²) >= 11 is 0. The molecule has 0 bridgehead atoms. The molecule has 0 saturated carbocycles. The molecule has 2 radical (unpaired) electrons. The van der Waals surface area contributed by atoms with Crippen molar-refractivity contribution in [2.24, 2.45) is 0 Å². The Kier molecular flexibility index (Phi) is 45.2. The number of rotatable bonds is 0. The summed E-state index contributed by atoms with van der Waals surface area (Å²) in [5.41, 5.74) is 0. The molecule has 0 fully saturated rings. The molecule has 4 nitrogen and oxygen atoms in total. The van der Waals surface area contributed by atoms with Gasteiger partial charge in [-0.05, 0) is 0 Å². The van der Waals surface area contributed by atoms with Crippen molar-refractivity contribution in [3.05, 3.63) is 0 Å². The van der Waals surface area contributed by atoms with Crippen molar-refractivity contribution in [3.8, 4) is 0 Å². The minimum atomic E-state index is -4.64. The van der Waals surface area contributed by atoms with Crippen LogP contribution in [0.4, 0.5) is 0 Å². The second kappa shape index (κ2) is 13.8. The first-order valence-corrected chi connectivity index (χ1v) is 2.35. The molecule has 0 unspecified atom stereocenters. The van der Waals surface area contributed by atoms with Gasteiger partial charge in [0.1, 0.15) is 0 Å². The van der Waals surface area contributed by atoms with Crippen LogP contribution in [0.5, 0.6) is 0 Å². The molecule has 0 heterocycles. The van der Waals surface area contributed by atoms with E-state index in [-0.39, 0.29) is 97.6 Å². The van der Waals surface area contributed by atoms with Gasteiger partial charge < -0.3 is 17.5 Å². The summed E-state index contributed by atoms with van der Waals surface area (Å²) in [7, 11) is -4.64. The van der Waals surface area contributed by atoms with Gasteiger partial charge in [0.25, 0.3) is 0 Å². The Morgan fingerprint density at radius 3 is 1.11 bits per heavy atom. The van der Waals surface area contributed by atoms with Gasteiger partial charge in [-0.1, -0.05) is 0 Å². The third-order valence-electron chi connectivity index (χ3n) is 0. The second-order valence-electron chi connectivity index (χ2n) is 0.513. The molecule has 9 heteroatoms. The molecular weight excluding hydrogens is 247 g/mol. The fourth-order valence-corrected chi connectivity index (χ4v) is 0. The van der Waals surface area contributed by atoms with Gasteiger partial charge >= 0.3 is 66.9 Å². The molecule has 0 rings (SSSR count). The maximum absolute atomic E-state index is 8.88. The minimum absolute atomic E-state index is 0. The van der Waals surface area contributed by atoms with Crippen molar-refractivity contribution in [3.63, 3.8) is 0 Å². The van der Waals surface area contributed by atoms with Gasteiger partial charge in [-0.3, -0.25) is 0 Å². The molecule has 48 valence electrons. The monoisotopic (exact) mass is 252 g/mol. The first kappa shape index (κ1) is 29.5. The van der Waals surface area contributed by atoms with E-state index in [2.05, 4.69) is 0 Å². The van der Waals surface area contributed by atoms with Crippen LogP contribution < -0.4 is 59.1 Å². The Balaban J connectivity index is -0.00000000533. The Bertz CT molecular complexity index is 72.2. The summed E-state index contributed by atoms with van der Waals surface area (Å²) < 4.78 is 8.88. The summed E-state index contributed by atoms with van der Waals surface area (Å²) in [4.78, 5) is 21.6. The number of hydrogen-bond donors (Lipinski definition) is 3. The summed E-state index contributed by atoms with van der Waals surface area (Å²) in [5.74, 6) is 0. The van der Waals surface area contributed by atoms with Crippen molar-refractivity contribution in [2.45, 2.75) is 0 Å². The third-order valence-corrected chi connectivity index (χ3v) is 0. The minimum Gasteiger partial charge on any atom is -1.00 e. The van der Waals surface area contributed by atoms with Crippen molar-refractivity contribution in [1.82, 2.24) is 0 Å². The van der Waals surface area contributed by atoms with Gasteiger partial charge in [-0.15, -0.1) is 0 Å². The Hall–Kier alpha value is 3.21. The predicted octanol–water partition coefficient (Wildman–Crippen LogP) is -6.70. The van der Waals surface area contributed by atoms with E-state index in [1.54, 1.807) is 0 Å². The number of phosphoric acid groups is 1. The molecule has 0 aromatic rings. The predicted molar refractivity (Wildman–Crippen MR) is 16.5 cm³/mol. The van der Waals surface area contributed by atoms with Crippen LogP contribution in [0.2, 0.25) is 0 Å². The average molecular weight is 252 g/mol. The summed E-state index contributed by atoms with van der Waals surface area (Å²) in [6.07, 6.45) is 0. The van der Waals surface area contributed by atoms with E-state index in [1.165, 1.54) is 0 Å². The van der Waals surface area contributed by atoms with Crippen molar-refractivity contribution in [1.29, 1.82) is 0 Å². The zero-order valence-electron chi connectivity index (χ0n) is 7.02. The second-order valence-corrected chi connectivity index (χ2v) is 1.54. The standard InChI is InChI=1S/Mn.2Na.H3O4P.V.2H/c;;;1-5(2,3)4;;;/h;;;(H3,1,2,3,4);;;/q;2*+1;;;2*-1. The van der Waals surface area contributed by atoms with E-state index in [4.69, 9.17) is 19.2 Å². The van der Waals surface area contributed by atoms with Gasteiger partial charge in [0, 0.05) is 35.6 Å². The van der Waals surface area contributed by atoms with Gasteiger partial charge in [0.05, 0.1) is 0 Å². The first-order chi connectivity index (χ1) is 2.00. The van der Waals surface area contributed by atoms with Gasteiger partial charge in [-0.2, -0.15) is 0 Å². The van der Waals surface area contributed by atoms with Crippen LogP contribution in [0.15, 0.2) is 0 Å². The SMILES string of the molecule is O=P(O)(O)O.[H-].[H-].[Mn].[Na+].[Na+].[V]. The average Bonchev–Trinajstić information content (AvgIpc) is 0.722. The van der Waals surface area contributed by atoms with E-state index < -0.39 is 7.82 Å². The van der Waals surface area contributed by atoms with Crippen LogP contribution in [0, 0.1) is 0 Å². The van der Waals surface area contributed by atoms with E-state index in [0.29, 0.717) is 0 Å². The van der Waals surface area contributed by atoms with Crippen LogP contribution >= 0.6 is 7.82 Å². The molecule has 0 aromatic heterocycles. The molecule has 3 N–H and O–H groups in total. The van der Waals surface area contributed by atoms with Crippen LogP contribution in [0.1, 0.15) is 2.85 Å². The third kappa shape index (κ3) is 92.2. The smallest absolute Gasteiger partial charge is 1.00 e. The molecule has 0 aromatic carbocycles. The Labute approximate surface area is 123 Å². The molecule has 0 aliphatic carbocycles. The van der Waals surface area contributed by atoms with E-state index in [9.17, 15) is 0 Å². The maximum atomic E-state index is 8.88. The summed E-state index contributed by atoms with van der Waals surface area (Å²) in [6, 6.07) is 0. The van der Waals surface area contributed by atoms with Crippen molar-refractivity contribution in [2.75, 3.05) is 0 Å². The summed E-state index contributed by atoms with van der Waals surface area (Å²) in [5, 5.41) is 0. The van der Waals surface area contributed by atoms with Gasteiger partial charge in [-0.25, -0.2) is 4.57 Å². The van der Waals surface area contributed by atoms with Gasteiger partial charge in [0.2, 0.25) is 0 Å². The molecule has 0 spiro atoms. The molecule has 0 aliphatic rings. The largest absolute Gasteiger partial charge is 1.00 e. The fourth-order valence-electron chi connectivity index (χ4n) is 0. The van der Waals surface area contributed by atoms with Crippen LogP contribution in [0.25, 0.3) is 0 Å². The zero-order valence-corrected chi connectivity index (χ0v) is 12.5. The Morgan fingerprint density at radius 2 is 1.11 bits per heavy atom. The molecular formula is H5MnNa2O4PV. The maximum Gasteiger partial charge on any atom is 1.00 e. The number of hydrogen-bond acceptors (Lipinski definition) is 1. The van der Waals surface area contributed by atoms with Crippen LogP contribution in [-0.4, -0.2) is 14.7 Å². The van der Waals surface area contributed by atoms with E-state index in [1.807, 2.05) is 0 Å². The van der Waals surface area contributed by atoms with Crippen LogP contribution in [-0.2, 0) is 40.2 Å². The quantitative estimate of drug-likeness (QED) is 0.296. The molecule has 0 saturated heterocycles. The first-order valence-electron chi connectivity index (χ1n) is 0.783. The summed E-state index contributed by atoms with van der Waals surface area (Å²) in [6.45, 7) is 0. The van der Waals surface area contributed by atoms with E-state index >= 15 is 0 Å². The molecule has 0 amide bonds. The van der Waals surface area contributed by atoms with Gasteiger partial charge in [0.15, 0.2) is 0 Å². The molecule has 0 atom stereocenters. The van der Waals surface area contributed by atoms with Crippen molar-refractivity contribution < 1.29 is 117 Å². The topological polar surface area (TPSA) is 77.8 Å². The van der Waals surface area contributed by atoms with E-state index in [0.717, 1.165) is 0 Å². The zero-order chi connectivity index (χ0) is 4.50. The fraction of sp³-hybridized carbons (Fsp3) is 0.